The minimum absolute atomic E-state index is 0.158. The molecular formula is C18H16N2O2. The van der Waals surface area contributed by atoms with Gasteiger partial charge in [0, 0.05) is 25.2 Å². The van der Waals surface area contributed by atoms with Crippen LogP contribution in [-0.2, 0) is 6.54 Å². The molecule has 0 aliphatic rings. The van der Waals surface area contributed by atoms with Crippen LogP contribution in [0.25, 0.3) is 11.3 Å². The standard InChI is InChI=1S/C18H16N2O2/c1-20(13-14-8-4-2-5-9-14)18(21)16-12-17(22-19-16)15-10-6-3-7-11-15/h2-12H,13H2,1H3. The molecule has 0 fully saturated rings. The van der Waals surface area contributed by atoms with E-state index in [2.05, 4.69) is 5.16 Å². The average Bonchev–Trinajstić information content (AvgIpc) is 3.06. The van der Waals surface area contributed by atoms with E-state index in [9.17, 15) is 4.79 Å². The van der Waals surface area contributed by atoms with Gasteiger partial charge >= 0.3 is 0 Å². The molecule has 3 rings (SSSR count). The predicted molar refractivity (Wildman–Crippen MR) is 84.2 cm³/mol. The maximum atomic E-state index is 12.4. The largest absolute Gasteiger partial charge is 0.355 e. The summed E-state index contributed by atoms with van der Waals surface area (Å²) in [6.07, 6.45) is 0. The average molecular weight is 292 g/mol. The van der Waals surface area contributed by atoms with Gasteiger partial charge in [-0.1, -0.05) is 65.8 Å². The second-order valence-corrected chi connectivity index (χ2v) is 5.09. The Morgan fingerprint density at radius 2 is 1.68 bits per heavy atom. The summed E-state index contributed by atoms with van der Waals surface area (Å²) in [6, 6.07) is 21.1. The zero-order valence-corrected chi connectivity index (χ0v) is 12.3. The van der Waals surface area contributed by atoms with Crippen LogP contribution < -0.4 is 0 Å². The lowest BCUT2D eigenvalue weighted by Crippen LogP contribution is -2.26. The molecule has 0 unspecified atom stereocenters. The molecule has 4 heteroatoms. The second-order valence-electron chi connectivity index (χ2n) is 5.09. The number of nitrogens with zero attached hydrogens (tertiary/aromatic N) is 2. The van der Waals surface area contributed by atoms with Crippen molar-refractivity contribution in [2.75, 3.05) is 7.05 Å². The van der Waals surface area contributed by atoms with E-state index < -0.39 is 0 Å². The van der Waals surface area contributed by atoms with E-state index in [1.807, 2.05) is 60.7 Å². The molecule has 0 saturated carbocycles. The van der Waals surface area contributed by atoms with Gasteiger partial charge in [0.05, 0.1) is 0 Å². The van der Waals surface area contributed by atoms with Crippen LogP contribution in [0.3, 0.4) is 0 Å². The van der Waals surface area contributed by atoms with Crippen LogP contribution in [0.5, 0.6) is 0 Å². The Bertz CT molecular complexity index is 751. The number of benzene rings is 2. The van der Waals surface area contributed by atoms with Crippen molar-refractivity contribution in [2.24, 2.45) is 0 Å². The van der Waals surface area contributed by atoms with Gasteiger partial charge in [-0.25, -0.2) is 0 Å². The number of carbonyl (C=O) groups is 1. The first-order valence-corrected chi connectivity index (χ1v) is 7.05. The third kappa shape index (κ3) is 3.06. The lowest BCUT2D eigenvalue weighted by molar-refractivity contribution is 0.0775. The number of carbonyl (C=O) groups excluding carboxylic acids is 1. The molecular weight excluding hydrogens is 276 g/mol. The zero-order chi connectivity index (χ0) is 15.4. The normalized spacial score (nSPS) is 10.4. The van der Waals surface area contributed by atoms with E-state index in [1.54, 1.807) is 18.0 Å². The molecule has 3 aromatic rings. The first-order valence-electron chi connectivity index (χ1n) is 7.05. The molecule has 4 nitrogen and oxygen atoms in total. The van der Waals surface area contributed by atoms with Gasteiger partial charge in [-0.05, 0) is 5.56 Å². The van der Waals surface area contributed by atoms with Crippen molar-refractivity contribution in [1.29, 1.82) is 0 Å². The topological polar surface area (TPSA) is 46.3 Å². The minimum Gasteiger partial charge on any atom is -0.355 e. The summed E-state index contributed by atoms with van der Waals surface area (Å²) in [7, 11) is 1.76. The molecule has 1 aromatic heterocycles. The number of amides is 1. The summed E-state index contributed by atoms with van der Waals surface area (Å²) in [5.41, 5.74) is 2.29. The smallest absolute Gasteiger partial charge is 0.276 e. The van der Waals surface area contributed by atoms with E-state index in [-0.39, 0.29) is 5.91 Å². The van der Waals surface area contributed by atoms with E-state index in [1.165, 1.54) is 0 Å². The maximum absolute atomic E-state index is 12.4. The summed E-state index contributed by atoms with van der Waals surface area (Å²) >= 11 is 0. The van der Waals surface area contributed by atoms with Crippen LogP contribution in [0.1, 0.15) is 16.1 Å². The molecule has 0 bridgehead atoms. The predicted octanol–water partition coefficient (Wildman–Crippen LogP) is 3.61. The van der Waals surface area contributed by atoms with Crippen LogP contribution >= 0.6 is 0 Å². The molecule has 0 aliphatic carbocycles. The molecule has 0 spiro atoms. The molecule has 0 N–H and O–H groups in total. The van der Waals surface area contributed by atoms with E-state index >= 15 is 0 Å². The monoisotopic (exact) mass is 292 g/mol. The molecule has 2 aromatic carbocycles. The van der Waals surface area contributed by atoms with Crippen LogP contribution in [0, 0.1) is 0 Å². The second kappa shape index (κ2) is 6.26. The summed E-state index contributed by atoms with van der Waals surface area (Å²) in [4.78, 5) is 14.0. The Kier molecular flexibility index (Phi) is 4.01. The highest BCUT2D eigenvalue weighted by atomic mass is 16.5. The van der Waals surface area contributed by atoms with Crippen LogP contribution in [0.2, 0.25) is 0 Å². The SMILES string of the molecule is CN(Cc1ccccc1)C(=O)c1cc(-c2ccccc2)on1. The Balaban J connectivity index is 1.74. The number of rotatable bonds is 4. The van der Waals surface area contributed by atoms with Gasteiger partial charge < -0.3 is 9.42 Å². The van der Waals surface area contributed by atoms with Gasteiger partial charge in [-0.15, -0.1) is 0 Å². The fourth-order valence-electron chi connectivity index (χ4n) is 2.24. The van der Waals surface area contributed by atoms with Gasteiger partial charge in [0.25, 0.3) is 5.91 Å². The Labute approximate surface area is 129 Å². The summed E-state index contributed by atoms with van der Waals surface area (Å²) in [5.74, 6) is 0.437. The Hall–Kier alpha value is -2.88. The fourth-order valence-corrected chi connectivity index (χ4v) is 2.24. The molecule has 0 saturated heterocycles. The van der Waals surface area contributed by atoms with E-state index in [4.69, 9.17) is 4.52 Å². The summed E-state index contributed by atoms with van der Waals surface area (Å²) in [6.45, 7) is 0.535. The number of hydrogen-bond donors (Lipinski definition) is 0. The Morgan fingerprint density at radius 3 is 2.36 bits per heavy atom. The van der Waals surface area contributed by atoms with Crippen molar-refractivity contribution in [3.05, 3.63) is 78.0 Å². The third-order valence-corrected chi connectivity index (χ3v) is 3.40. The minimum atomic E-state index is -0.158. The van der Waals surface area contributed by atoms with E-state index in [0.717, 1.165) is 11.1 Å². The lowest BCUT2D eigenvalue weighted by Gasteiger charge is -2.15. The quantitative estimate of drug-likeness (QED) is 0.738. The van der Waals surface area contributed by atoms with Crippen LogP contribution in [0.15, 0.2) is 71.3 Å². The van der Waals surface area contributed by atoms with Gasteiger partial charge in [0.2, 0.25) is 0 Å². The van der Waals surface area contributed by atoms with Crippen molar-refractivity contribution < 1.29 is 9.32 Å². The van der Waals surface area contributed by atoms with Crippen LogP contribution in [-0.4, -0.2) is 23.0 Å². The summed E-state index contributed by atoms with van der Waals surface area (Å²) < 4.78 is 5.27. The summed E-state index contributed by atoms with van der Waals surface area (Å²) in [5, 5.41) is 3.89. The van der Waals surface area contributed by atoms with E-state index in [0.29, 0.717) is 18.0 Å². The molecule has 0 atom stereocenters. The van der Waals surface area contributed by atoms with Crippen molar-refractivity contribution in [3.63, 3.8) is 0 Å². The van der Waals surface area contributed by atoms with Crippen molar-refractivity contribution in [1.82, 2.24) is 10.1 Å². The van der Waals surface area contributed by atoms with Gasteiger partial charge in [0.1, 0.15) is 0 Å². The van der Waals surface area contributed by atoms with Crippen LogP contribution in [0.4, 0.5) is 0 Å². The van der Waals surface area contributed by atoms with Gasteiger partial charge in [-0.2, -0.15) is 0 Å². The van der Waals surface area contributed by atoms with Gasteiger partial charge in [-0.3, -0.25) is 4.79 Å². The third-order valence-electron chi connectivity index (χ3n) is 3.40. The highest BCUT2D eigenvalue weighted by Crippen LogP contribution is 2.20. The first-order chi connectivity index (χ1) is 10.7. The first kappa shape index (κ1) is 14.1. The Morgan fingerprint density at radius 1 is 1.05 bits per heavy atom. The number of hydrogen-bond acceptors (Lipinski definition) is 3. The molecule has 1 amide bonds. The molecule has 0 radical (unpaired) electrons. The zero-order valence-electron chi connectivity index (χ0n) is 12.3. The van der Waals surface area contributed by atoms with Crippen molar-refractivity contribution in [3.8, 4) is 11.3 Å². The molecule has 110 valence electrons. The molecule has 22 heavy (non-hydrogen) atoms. The van der Waals surface area contributed by atoms with Crippen molar-refractivity contribution in [2.45, 2.75) is 6.54 Å². The van der Waals surface area contributed by atoms with Gasteiger partial charge in [0.15, 0.2) is 11.5 Å². The molecule has 0 aliphatic heterocycles. The highest BCUT2D eigenvalue weighted by Gasteiger charge is 2.17. The fraction of sp³-hybridized carbons (Fsp3) is 0.111. The lowest BCUT2D eigenvalue weighted by atomic mass is 10.1. The highest BCUT2D eigenvalue weighted by molar-refractivity contribution is 5.92. The number of aromatic nitrogens is 1. The molecule has 1 heterocycles. The van der Waals surface area contributed by atoms with Crippen molar-refractivity contribution >= 4 is 5.91 Å². The maximum Gasteiger partial charge on any atom is 0.276 e.